The largest absolute Gasteiger partial charge is 0.350 e. The molecule has 3 rings (SSSR count). The smallest absolute Gasteiger partial charge is 0.168 e. The lowest BCUT2D eigenvalue weighted by Gasteiger charge is -2.18. The molecule has 1 aliphatic carbocycles. The molecule has 2 aromatic rings. The van der Waals surface area contributed by atoms with Gasteiger partial charge in [0.2, 0.25) is 0 Å². The summed E-state index contributed by atoms with van der Waals surface area (Å²) >= 11 is 0. The lowest BCUT2D eigenvalue weighted by molar-refractivity contribution is 0.0900. The van der Waals surface area contributed by atoms with Crippen molar-refractivity contribution in [2.45, 2.75) is 51.9 Å². The fraction of sp³-hybridized carbons (Fsp3) is 0.526. The molecule has 2 nitrogen and oxygen atoms in total. The predicted octanol–water partition coefficient (Wildman–Crippen LogP) is 5.03. The number of aromatic nitrogens is 1. The van der Waals surface area contributed by atoms with Crippen LogP contribution in [0, 0.1) is 12.8 Å². The molecule has 0 saturated heterocycles. The first kappa shape index (κ1) is 14.4. The highest BCUT2D eigenvalue weighted by Gasteiger charge is 2.23. The number of carbonyl (C=O) groups excluding carboxylic acids is 1. The number of aryl methyl sites for hydroxylation is 2. The summed E-state index contributed by atoms with van der Waals surface area (Å²) < 4.78 is 2.10. The number of rotatable bonds is 2. The Hall–Kier alpha value is -1.57. The monoisotopic (exact) mass is 283 g/mol. The molecular formula is C19H25NO. The van der Waals surface area contributed by atoms with Crippen LogP contribution in [-0.4, -0.2) is 10.4 Å². The van der Waals surface area contributed by atoms with Crippen LogP contribution in [0.5, 0.6) is 0 Å². The highest BCUT2D eigenvalue weighted by atomic mass is 16.1. The number of ketones is 1. The van der Waals surface area contributed by atoms with Crippen LogP contribution in [0.3, 0.4) is 0 Å². The summed E-state index contributed by atoms with van der Waals surface area (Å²) in [7, 11) is 2.04. The summed E-state index contributed by atoms with van der Waals surface area (Å²) in [5.74, 6) is 0.601. The molecule has 0 aliphatic heterocycles. The molecule has 0 radical (unpaired) electrons. The molecule has 1 aliphatic rings. The summed E-state index contributed by atoms with van der Waals surface area (Å²) in [6.07, 6.45) is 10.5. The van der Waals surface area contributed by atoms with Gasteiger partial charge in [0.1, 0.15) is 0 Å². The maximum Gasteiger partial charge on any atom is 0.168 e. The lowest BCUT2D eigenvalue weighted by Crippen LogP contribution is -2.16. The Morgan fingerprint density at radius 1 is 1.10 bits per heavy atom. The van der Waals surface area contributed by atoms with Crippen molar-refractivity contribution >= 4 is 16.7 Å². The number of carbonyl (C=O) groups is 1. The summed E-state index contributed by atoms with van der Waals surface area (Å²) in [6, 6.07) is 6.39. The zero-order valence-electron chi connectivity index (χ0n) is 13.2. The van der Waals surface area contributed by atoms with Crippen LogP contribution in [-0.2, 0) is 7.05 Å². The van der Waals surface area contributed by atoms with E-state index in [4.69, 9.17) is 0 Å². The van der Waals surface area contributed by atoms with Crippen LogP contribution < -0.4 is 0 Å². The Morgan fingerprint density at radius 3 is 2.48 bits per heavy atom. The van der Waals surface area contributed by atoms with Crippen molar-refractivity contribution in [2.24, 2.45) is 13.0 Å². The van der Waals surface area contributed by atoms with Gasteiger partial charge in [-0.3, -0.25) is 4.79 Å². The van der Waals surface area contributed by atoms with Gasteiger partial charge in [0.15, 0.2) is 5.78 Å². The van der Waals surface area contributed by atoms with E-state index < -0.39 is 0 Å². The normalized spacial score (nSPS) is 17.6. The molecule has 1 fully saturated rings. The van der Waals surface area contributed by atoms with Crippen molar-refractivity contribution in [1.82, 2.24) is 4.57 Å². The third kappa shape index (κ3) is 2.90. The number of hydrogen-bond acceptors (Lipinski definition) is 1. The van der Waals surface area contributed by atoms with Gasteiger partial charge in [0.05, 0.1) is 0 Å². The third-order valence-electron chi connectivity index (χ3n) is 4.89. The highest BCUT2D eigenvalue weighted by molar-refractivity contribution is 6.09. The van der Waals surface area contributed by atoms with Gasteiger partial charge in [-0.1, -0.05) is 44.2 Å². The first-order valence-electron chi connectivity index (χ1n) is 8.27. The van der Waals surface area contributed by atoms with Crippen molar-refractivity contribution in [3.8, 4) is 0 Å². The third-order valence-corrected chi connectivity index (χ3v) is 4.89. The Kier molecular flexibility index (Phi) is 4.14. The zero-order chi connectivity index (χ0) is 14.8. The predicted molar refractivity (Wildman–Crippen MR) is 87.8 cm³/mol. The van der Waals surface area contributed by atoms with E-state index in [0.717, 1.165) is 23.8 Å². The van der Waals surface area contributed by atoms with Gasteiger partial charge in [-0.2, -0.15) is 0 Å². The van der Waals surface area contributed by atoms with E-state index in [9.17, 15) is 4.79 Å². The minimum atomic E-state index is 0.234. The molecule has 0 atom stereocenters. The number of benzene rings is 1. The van der Waals surface area contributed by atoms with Crippen molar-refractivity contribution in [3.63, 3.8) is 0 Å². The molecule has 2 heteroatoms. The van der Waals surface area contributed by atoms with Crippen molar-refractivity contribution in [2.75, 3.05) is 0 Å². The number of hydrogen-bond donors (Lipinski definition) is 0. The second-order valence-electron chi connectivity index (χ2n) is 6.58. The Labute approximate surface area is 127 Å². The molecule has 1 saturated carbocycles. The second kappa shape index (κ2) is 6.05. The van der Waals surface area contributed by atoms with E-state index in [1.165, 1.54) is 43.2 Å². The van der Waals surface area contributed by atoms with E-state index in [1.54, 1.807) is 0 Å². The van der Waals surface area contributed by atoms with Crippen LogP contribution >= 0.6 is 0 Å². The van der Waals surface area contributed by atoms with Gasteiger partial charge < -0.3 is 4.57 Å². The SMILES string of the molecule is Cc1ccc2c(C(=O)C3CCCCCCC3)cn(C)c2c1. The molecule has 1 heterocycles. The Balaban J connectivity index is 1.93. The molecule has 1 aromatic heterocycles. The summed E-state index contributed by atoms with van der Waals surface area (Å²) in [4.78, 5) is 13.0. The van der Waals surface area contributed by atoms with E-state index in [1.807, 2.05) is 13.2 Å². The first-order valence-corrected chi connectivity index (χ1v) is 8.27. The molecule has 21 heavy (non-hydrogen) atoms. The summed E-state index contributed by atoms with van der Waals surface area (Å²) in [5, 5.41) is 1.12. The molecule has 0 N–H and O–H groups in total. The average molecular weight is 283 g/mol. The standard InChI is InChI=1S/C19H25NO/c1-14-10-11-16-17(13-20(2)18(16)12-14)19(21)15-8-6-4-3-5-7-9-15/h10-13,15H,3-9H2,1-2H3. The van der Waals surface area contributed by atoms with Gasteiger partial charge in [0.25, 0.3) is 0 Å². The van der Waals surface area contributed by atoms with Gasteiger partial charge in [-0.05, 0) is 31.4 Å². The Morgan fingerprint density at radius 2 is 1.76 bits per heavy atom. The minimum absolute atomic E-state index is 0.234. The van der Waals surface area contributed by atoms with Gasteiger partial charge in [-0.15, -0.1) is 0 Å². The van der Waals surface area contributed by atoms with Crippen LogP contribution in [0.1, 0.15) is 60.9 Å². The maximum absolute atomic E-state index is 13.0. The molecule has 0 unspecified atom stereocenters. The average Bonchev–Trinajstić information content (AvgIpc) is 2.75. The highest BCUT2D eigenvalue weighted by Crippen LogP contribution is 2.29. The van der Waals surface area contributed by atoms with Crippen LogP contribution in [0.4, 0.5) is 0 Å². The van der Waals surface area contributed by atoms with Gasteiger partial charge in [-0.25, -0.2) is 0 Å². The number of Topliss-reactive ketones (excluding diaryl/α,β-unsaturated/α-hetero) is 1. The first-order chi connectivity index (χ1) is 10.2. The van der Waals surface area contributed by atoms with Gasteiger partial charge >= 0.3 is 0 Å². The fourth-order valence-corrected chi connectivity index (χ4v) is 3.63. The molecular weight excluding hydrogens is 258 g/mol. The van der Waals surface area contributed by atoms with Crippen molar-refractivity contribution < 1.29 is 4.79 Å². The molecule has 0 spiro atoms. The quantitative estimate of drug-likeness (QED) is 0.708. The van der Waals surface area contributed by atoms with Crippen molar-refractivity contribution in [1.29, 1.82) is 0 Å². The Bertz CT molecular complexity index is 645. The van der Waals surface area contributed by atoms with E-state index in [0.29, 0.717) is 5.78 Å². The van der Waals surface area contributed by atoms with Crippen LogP contribution in [0.2, 0.25) is 0 Å². The summed E-state index contributed by atoms with van der Waals surface area (Å²) in [6.45, 7) is 2.10. The topological polar surface area (TPSA) is 22.0 Å². The lowest BCUT2D eigenvalue weighted by atomic mass is 9.85. The van der Waals surface area contributed by atoms with Crippen LogP contribution in [0.15, 0.2) is 24.4 Å². The number of nitrogens with zero attached hydrogens (tertiary/aromatic N) is 1. The van der Waals surface area contributed by atoms with Gasteiger partial charge in [0, 0.05) is 35.6 Å². The fourth-order valence-electron chi connectivity index (χ4n) is 3.63. The molecule has 0 amide bonds. The summed E-state index contributed by atoms with van der Waals surface area (Å²) in [5.41, 5.74) is 3.34. The van der Waals surface area contributed by atoms with E-state index in [2.05, 4.69) is 29.7 Å². The van der Waals surface area contributed by atoms with Crippen LogP contribution in [0.25, 0.3) is 10.9 Å². The maximum atomic E-state index is 13.0. The molecule has 0 bridgehead atoms. The zero-order valence-corrected chi connectivity index (χ0v) is 13.2. The van der Waals surface area contributed by atoms with Crippen molar-refractivity contribution in [3.05, 3.63) is 35.5 Å². The molecule has 112 valence electrons. The molecule has 1 aromatic carbocycles. The van der Waals surface area contributed by atoms with E-state index >= 15 is 0 Å². The number of fused-ring (bicyclic) bond motifs is 1. The van der Waals surface area contributed by atoms with E-state index in [-0.39, 0.29) is 5.92 Å². The second-order valence-corrected chi connectivity index (χ2v) is 6.58. The minimum Gasteiger partial charge on any atom is -0.350 e.